The fourth-order valence-corrected chi connectivity index (χ4v) is 6.53. The highest BCUT2D eigenvalue weighted by Crippen LogP contribution is 2.32. The zero-order valence-electron chi connectivity index (χ0n) is 20.6. The average molecular weight is 508 g/mol. The van der Waals surface area contributed by atoms with E-state index in [1.54, 1.807) is 0 Å². The highest BCUT2D eigenvalue weighted by molar-refractivity contribution is 6.30. The van der Waals surface area contributed by atoms with Gasteiger partial charge in [-0.15, -0.1) is 0 Å². The number of carbonyl (C=O) groups is 2. The number of rotatable bonds is 3. The molecule has 0 aliphatic carbocycles. The fourth-order valence-electron chi connectivity index (χ4n) is 6.40. The van der Waals surface area contributed by atoms with Gasteiger partial charge in [-0.3, -0.25) is 19.4 Å². The Labute approximate surface area is 217 Å². The molecular formula is C28H34ClN5O2. The first-order valence-electron chi connectivity index (χ1n) is 13.3. The molecule has 190 valence electrons. The Morgan fingerprint density at radius 1 is 0.944 bits per heavy atom. The van der Waals surface area contributed by atoms with Gasteiger partial charge in [-0.05, 0) is 86.3 Å². The third-order valence-corrected chi connectivity index (χ3v) is 8.63. The van der Waals surface area contributed by atoms with E-state index in [0.717, 1.165) is 67.7 Å². The van der Waals surface area contributed by atoms with Crippen LogP contribution in [0.15, 0.2) is 42.5 Å². The molecule has 0 spiro atoms. The monoisotopic (exact) mass is 507 g/mol. The third-order valence-electron chi connectivity index (χ3n) is 8.38. The normalized spacial score (nSPS) is 25.7. The average Bonchev–Trinajstić information content (AvgIpc) is 3.35. The summed E-state index contributed by atoms with van der Waals surface area (Å²) in [6.07, 6.45) is 4.23. The standard InChI is InChI=1S/C28H34ClN5O2/c29-22-6-3-19(4-7-22)20-5-8-24-21(16-20)17-32-14-15-33(18-26(32)27(35)31-24)28(36)25-2-1-13-34(25)23-9-11-30-12-10-23/h3-8,16,23,25-26,30H,1-2,9-15,17-18H2,(H,31,35). The molecule has 3 saturated heterocycles. The number of nitrogens with one attached hydrogen (secondary N) is 2. The molecule has 0 bridgehead atoms. The summed E-state index contributed by atoms with van der Waals surface area (Å²) < 4.78 is 0. The SMILES string of the molecule is O=C1Nc2ccc(-c3ccc(Cl)cc3)cc2CN2CCN(C(=O)C3CCCN3C3CCNCC3)CC12. The predicted molar refractivity (Wildman–Crippen MR) is 142 cm³/mol. The Kier molecular flexibility index (Phi) is 6.73. The van der Waals surface area contributed by atoms with Crippen molar-refractivity contribution in [3.05, 3.63) is 53.1 Å². The summed E-state index contributed by atoms with van der Waals surface area (Å²) in [5.41, 5.74) is 4.16. The second-order valence-electron chi connectivity index (χ2n) is 10.5. The van der Waals surface area contributed by atoms with Crippen molar-refractivity contribution in [3.63, 3.8) is 0 Å². The van der Waals surface area contributed by atoms with Crippen LogP contribution in [0.25, 0.3) is 11.1 Å². The van der Waals surface area contributed by atoms with Gasteiger partial charge in [0.05, 0.1) is 6.04 Å². The summed E-state index contributed by atoms with van der Waals surface area (Å²) in [5, 5.41) is 7.29. The lowest BCUT2D eigenvalue weighted by molar-refractivity contribution is -0.141. The van der Waals surface area contributed by atoms with Gasteiger partial charge in [-0.2, -0.15) is 0 Å². The number of carbonyl (C=O) groups excluding carboxylic acids is 2. The van der Waals surface area contributed by atoms with Crippen LogP contribution in [0, 0.1) is 0 Å². The van der Waals surface area contributed by atoms with E-state index in [1.165, 1.54) is 0 Å². The lowest BCUT2D eigenvalue weighted by Gasteiger charge is -2.42. The van der Waals surface area contributed by atoms with Crippen molar-refractivity contribution in [1.82, 2.24) is 20.0 Å². The van der Waals surface area contributed by atoms with Crippen LogP contribution in [0.1, 0.15) is 31.2 Å². The summed E-state index contributed by atoms with van der Waals surface area (Å²) in [6, 6.07) is 14.1. The quantitative estimate of drug-likeness (QED) is 0.668. The molecule has 0 radical (unpaired) electrons. The van der Waals surface area contributed by atoms with Crippen molar-refractivity contribution >= 4 is 29.1 Å². The molecule has 7 nitrogen and oxygen atoms in total. The highest BCUT2D eigenvalue weighted by atomic mass is 35.5. The van der Waals surface area contributed by atoms with Crippen molar-refractivity contribution in [2.75, 3.05) is 44.6 Å². The van der Waals surface area contributed by atoms with Gasteiger partial charge in [0.25, 0.3) is 0 Å². The second kappa shape index (κ2) is 10.1. The number of fused-ring (bicyclic) bond motifs is 2. The van der Waals surface area contributed by atoms with E-state index >= 15 is 0 Å². The number of hydrogen-bond acceptors (Lipinski definition) is 5. The lowest BCUT2D eigenvalue weighted by Crippen LogP contribution is -2.60. The molecule has 3 fully saturated rings. The zero-order chi connectivity index (χ0) is 24.6. The summed E-state index contributed by atoms with van der Waals surface area (Å²) in [7, 11) is 0. The van der Waals surface area contributed by atoms with Gasteiger partial charge < -0.3 is 15.5 Å². The van der Waals surface area contributed by atoms with E-state index in [1.807, 2.05) is 41.3 Å². The van der Waals surface area contributed by atoms with Crippen LogP contribution < -0.4 is 10.6 Å². The second-order valence-corrected chi connectivity index (χ2v) is 11.0. The van der Waals surface area contributed by atoms with Gasteiger partial charge in [0.1, 0.15) is 6.04 Å². The van der Waals surface area contributed by atoms with Crippen LogP contribution in [0.4, 0.5) is 5.69 Å². The van der Waals surface area contributed by atoms with E-state index in [2.05, 4.69) is 26.5 Å². The van der Waals surface area contributed by atoms with Gasteiger partial charge in [0.2, 0.25) is 11.8 Å². The summed E-state index contributed by atoms with van der Waals surface area (Å²) in [6.45, 7) is 5.59. The molecule has 2 aromatic carbocycles. The fraction of sp³-hybridized carbons (Fsp3) is 0.500. The summed E-state index contributed by atoms with van der Waals surface area (Å²) >= 11 is 6.06. The van der Waals surface area contributed by atoms with E-state index in [9.17, 15) is 9.59 Å². The maximum Gasteiger partial charge on any atom is 0.243 e. The van der Waals surface area contributed by atoms with Gasteiger partial charge in [0, 0.05) is 42.9 Å². The van der Waals surface area contributed by atoms with Crippen molar-refractivity contribution in [1.29, 1.82) is 0 Å². The first-order valence-corrected chi connectivity index (χ1v) is 13.6. The van der Waals surface area contributed by atoms with E-state index in [0.29, 0.717) is 37.2 Å². The number of anilines is 1. The van der Waals surface area contributed by atoms with Crippen molar-refractivity contribution in [2.24, 2.45) is 0 Å². The topological polar surface area (TPSA) is 67.9 Å². The van der Waals surface area contributed by atoms with E-state index in [-0.39, 0.29) is 23.9 Å². The Morgan fingerprint density at radius 2 is 1.72 bits per heavy atom. The Hall–Kier alpha value is -2.45. The molecule has 0 aromatic heterocycles. The Morgan fingerprint density at radius 3 is 2.53 bits per heavy atom. The van der Waals surface area contributed by atoms with Crippen molar-refractivity contribution < 1.29 is 9.59 Å². The van der Waals surface area contributed by atoms with Crippen molar-refractivity contribution in [2.45, 2.75) is 50.4 Å². The van der Waals surface area contributed by atoms with Gasteiger partial charge in [-0.1, -0.05) is 29.8 Å². The number of piperazine rings is 1. The molecule has 0 saturated carbocycles. The lowest BCUT2D eigenvalue weighted by atomic mass is 10.0. The Balaban J connectivity index is 1.17. The molecule has 36 heavy (non-hydrogen) atoms. The molecule has 2 N–H and O–H groups in total. The zero-order valence-corrected chi connectivity index (χ0v) is 21.3. The maximum absolute atomic E-state index is 13.7. The molecule has 4 aliphatic heterocycles. The minimum absolute atomic E-state index is 0.0212. The van der Waals surface area contributed by atoms with Crippen molar-refractivity contribution in [3.8, 4) is 11.1 Å². The highest BCUT2D eigenvalue weighted by Gasteiger charge is 2.42. The van der Waals surface area contributed by atoms with Gasteiger partial charge in [0.15, 0.2) is 0 Å². The number of halogens is 1. The molecule has 8 heteroatoms. The molecule has 2 amide bonds. The van der Waals surface area contributed by atoms with Crippen LogP contribution >= 0.6 is 11.6 Å². The molecule has 2 atom stereocenters. The Bertz CT molecular complexity index is 1130. The number of amides is 2. The number of benzene rings is 2. The molecule has 4 heterocycles. The van der Waals surface area contributed by atoms with Crippen LogP contribution in [-0.4, -0.2) is 83.9 Å². The summed E-state index contributed by atoms with van der Waals surface area (Å²) in [5.74, 6) is 0.192. The van der Waals surface area contributed by atoms with Crippen LogP contribution in [0.5, 0.6) is 0 Å². The number of hydrogen-bond donors (Lipinski definition) is 2. The summed E-state index contributed by atoms with van der Waals surface area (Å²) in [4.78, 5) is 33.6. The predicted octanol–water partition coefficient (Wildman–Crippen LogP) is 3.19. The number of piperidine rings is 1. The molecule has 4 aliphatic rings. The molecule has 2 aromatic rings. The van der Waals surface area contributed by atoms with Gasteiger partial charge in [-0.25, -0.2) is 0 Å². The largest absolute Gasteiger partial charge is 0.338 e. The molecule has 2 unspecified atom stereocenters. The smallest absolute Gasteiger partial charge is 0.243 e. The van der Waals surface area contributed by atoms with E-state index < -0.39 is 0 Å². The first kappa shape index (κ1) is 23.9. The molecular weight excluding hydrogens is 474 g/mol. The molecule has 6 rings (SSSR count). The van der Waals surface area contributed by atoms with Gasteiger partial charge >= 0.3 is 0 Å². The van der Waals surface area contributed by atoms with E-state index in [4.69, 9.17) is 11.6 Å². The van der Waals surface area contributed by atoms with Crippen LogP contribution in [0.2, 0.25) is 5.02 Å². The minimum Gasteiger partial charge on any atom is -0.338 e. The number of nitrogens with zero attached hydrogens (tertiary/aromatic N) is 3. The number of likely N-dealkylation sites (tertiary alicyclic amines) is 1. The maximum atomic E-state index is 13.7. The minimum atomic E-state index is -0.331. The van der Waals surface area contributed by atoms with Crippen LogP contribution in [-0.2, 0) is 16.1 Å². The third kappa shape index (κ3) is 4.65. The first-order chi connectivity index (χ1) is 17.6. The van der Waals surface area contributed by atoms with Crippen LogP contribution in [0.3, 0.4) is 0 Å².